The molecule has 1 N–H and O–H groups in total. The molecule has 0 saturated carbocycles. The summed E-state index contributed by atoms with van der Waals surface area (Å²) in [5.41, 5.74) is -1.63. The maximum Gasteiger partial charge on any atom is 0.431 e. The van der Waals surface area contributed by atoms with Gasteiger partial charge in [-0.2, -0.15) is 13.2 Å². The lowest BCUT2D eigenvalue weighted by Crippen LogP contribution is -2.31. The fourth-order valence-corrected chi connectivity index (χ4v) is 1.35. The normalized spacial score (nSPS) is 11.2. The minimum absolute atomic E-state index is 0.0732. The molecule has 0 spiro atoms. The molecule has 17 heavy (non-hydrogen) atoms. The molecule has 0 aromatic carbocycles. The molecule has 0 radical (unpaired) electrons. The van der Waals surface area contributed by atoms with E-state index in [0.717, 1.165) is 18.2 Å². The average Bonchev–Trinajstić information content (AvgIpc) is 2.24. The molecule has 0 fully saturated rings. The van der Waals surface area contributed by atoms with E-state index in [1.165, 1.54) is 0 Å². The summed E-state index contributed by atoms with van der Waals surface area (Å²) in [4.78, 5) is 11.3. The topological polar surface area (TPSA) is 34.0 Å². The second-order valence-electron chi connectivity index (χ2n) is 3.28. The van der Waals surface area contributed by atoms with Gasteiger partial charge in [0.25, 0.3) is 5.56 Å². The van der Waals surface area contributed by atoms with Gasteiger partial charge in [0.15, 0.2) is 0 Å². The zero-order valence-corrected chi connectivity index (χ0v) is 8.92. The summed E-state index contributed by atoms with van der Waals surface area (Å²) >= 11 is 0. The number of hydrogen-bond acceptors (Lipinski definition) is 2. The number of pyridine rings is 1. The van der Waals surface area contributed by atoms with Crippen LogP contribution in [0.2, 0.25) is 0 Å². The summed E-state index contributed by atoms with van der Waals surface area (Å²) in [6.45, 7) is 0.385. The lowest BCUT2D eigenvalue weighted by atomic mass is 10.3. The summed E-state index contributed by atoms with van der Waals surface area (Å²) in [5, 5.41) is 2.73. The lowest BCUT2D eigenvalue weighted by molar-refractivity contribution is -0.144. The highest BCUT2D eigenvalue weighted by molar-refractivity contribution is 5.10. The van der Waals surface area contributed by atoms with Crippen LogP contribution in [0.4, 0.5) is 13.2 Å². The van der Waals surface area contributed by atoms with Crippen LogP contribution < -0.4 is 10.9 Å². The number of terminal acetylenes is 1. The molecule has 1 aromatic heterocycles. The molecule has 0 aliphatic rings. The molecule has 92 valence electrons. The number of nitrogens with zero attached hydrogens (tertiary/aromatic N) is 1. The first-order valence-corrected chi connectivity index (χ1v) is 4.88. The van der Waals surface area contributed by atoms with E-state index in [1.54, 1.807) is 0 Å². The van der Waals surface area contributed by atoms with E-state index >= 15 is 0 Å². The van der Waals surface area contributed by atoms with Gasteiger partial charge in [-0.3, -0.25) is 4.79 Å². The third kappa shape index (κ3) is 3.64. The molecule has 0 atom stereocenters. The lowest BCUT2D eigenvalue weighted by Gasteiger charge is -2.14. The standard InChI is InChI=1S/C11H11F3N2O/c1-2-6-15-7-8-16-9(11(12,13)14)4-3-5-10(16)17/h1,3-5,15H,6-8H2. The van der Waals surface area contributed by atoms with Crippen molar-refractivity contribution in [3.63, 3.8) is 0 Å². The van der Waals surface area contributed by atoms with Crippen molar-refractivity contribution < 1.29 is 13.2 Å². The van der Waals surface area contributed by atoms with Crippen molar-refractivity contribution in [2.24, 2.45) is 0 Å². The van der Waals surface area contributed by atoms with Crippen molar-refractivity contribution in [3.8, 4) is 12.3 Å². The Kier molecular flexibility index (Phi) is 4.35. The quantitative estimate of drug-likeness (QED) is 0.635. The first kappa shape index (κ1) is 13.3. The van der Waals surface area contributed by atoms with Crippen LogP contribution in [-0.2, 0) is 12.7 Å². The van der Waals surface area contributed by atoms with Crippen molar-refractivity contribution in [2.45, 2.75) is 12.7 Å². The third-order valence-electron chi connectivity index (χ3n) is 2.08. The maximum atomic E-state index is 12.6. The van der Waals surface area contributed by atoms with Gasteiger partial charge in [-0.1, -0.05) is 12.0 Å². The van der Waals surface area contributed by atoms with Crippen molar-refractivity contribution >= 4 is 0 Å². The van der Waals surface area contributed by atoms with E-state index in [4.69, 9.17) is 6.42 Å². The van der Waals surface area contributed by atoms with Gasteiger partial charge in [0.1, 0.15) is 5.69 Å². The number of aromatic nitrogens is 1. The largest absolute Gasteiger partial charge is 0.431 e. The summed E-state index contributed by atoms with van der Waals surface area (Å²) in [6, 6.07) is 3.07. The fraction of sp³-hybridized carbons (Fsp3) is 0.364. The number of hydrogen-bond donors (Lipinski definition) is 1. The van der Waals surface area contributed by atoms with Crippen LogP contribution in [0, 0.1) is 12.3 Å². The minimum atomic E-state index is -4.54. The first-order chi connectivity index (χ1) is 7.96. The van der Waals surface area contributed by atoms with E-state index in [-0.39, 0.29) is 19.6 Å². The Morgan fingerprint density at radius 1 is 1.41 bits per heavy atom. The third-order valence-corrected chi connectivity index (χ3v) is 2.08. The van der Waals surface area contributed by atoms with Gasteiger partial charge in [-0.05, 0) is 6.07 Å². The van der Waals surface area contributed by atoms with Crippen LogP contribution in [-0.4, -0.2) is 17.7 Å². The van der Waals surface area contributed by atoms with Gasteiger partial charge in [0.2, 0.25) is 0 Å². The molecule has 6 heteroatoms. The molecule has 0 aliphatic heterocycles. The monoisotopic (exact) mass is 244 g/mol. The van der Waals surface area contributed by atoms with E-state index in [1.807, 2.05) is 0 Å². The Labute approximate surface area is 96.3 Å². The number of halogens is 3. The van der Waals surface area contributed by atoms with Crippen molar-refractivity contribution in [1.82, 2.24) is 9.88 Å². The molecule has 0 unspecified atom stereocenters. The van der Waals surface area contributed by atoms with Gasteiger partial charge >= 0.3 is 6.18 Å². The van der Waals surface area contributed by atoms with Gasteiger partial charge in [-0.15, -0.1) is 6.42 Å². The Morgan fingerprint density at radius 2 is 2.12 bits per heavy atom. The van der Waals surface area contributed by atoms with Gasteiger partial charge in [0.05, 0.1) is 6.54 Å². The van der Waals surface area contributed by atoms with Gasteiger partial charge < -0.3 is 9.88 Å². The van der Waals surface area contributed by atoms with E-state index in [2.05, 4.69) is 11.2 Å². The van der Waals surface area contributed by atoms with Crippen molar-refractivity contribution in [3.05, 3.63) is 34.2 Å². The molecule has 0 saturated heterocycles. The van der Waals surface area contributed by atoms with Crippen LogP contribution in [0.1, 0.15) is 5.69 Å². The Bertz CT molecular complexity index is 471. The second kappa shape index (κ2) is 5.55. The molecule has 0 aliphatic carbocycles. The Balaban J connectivity index is 2.90. The van der Waals surface area contributed by atoms with Gasteiger partial charge in [0, 0.05) is 19.2 Å². The molecule has 1 aromatic rings. The smallest absolute Gasteiger partial charge is 0.304 e. The number of nitrogens with one attached hydrogen (secondary N) is 1. The molecule has 1 heterocycles. The predicted octanol–water partition coefficient (Wildman–Crippen LogP) is 1.09. The van der Waals surface area contributed by atoms with E-state index < -0.39 is 17.4 Å². The highest BCUT2D eigenvalue weighted by atomic mass is 19.4. The number of rotatable bonds is 4. The SMILES string of the molecule is C#CCNCCn1c(C(F)(F)F)cccc1=O. The predicted molar refractivity (Wildman–Crippen MR) is 57.4 cm³/mol. The van der Waals surface area contributed by atoms with Crippen LogP contribution in [0.25, 0.3) is 0 Å². The van der Waals surface area contributed by atoms with Crippen LogP contribution >= 0.6 is 0 Å². The molecule has 0 bridgehead atoms. The van der Waals surface area contributed by atoms with Crippen molar-refractivity contribution in [1.29, 1.82) is 0 Å². The zero-order valence-electron chi connectivity index (χ0n) is 8.92. The average molecular weight is 244 g/mol. The highest BCUT2D eigenvalue weighted by Gasteiger charge is 2.33. The zero-order chi connectivity index (χ0) is 12.9. The van der Waals surface area contributed by atoms with Gasteiger partial charge in [-0.25, -0.2) is 0 Å². The van der Waals surface area contributed by atoms with Crippen LogP contribution in [0.15, 0.2) is 23.0 Å². The molecule has 3 nitrogen and oxygen atoms in total. The number of alkyl halides is 3. The molecule has 1 rings (SSSR count). The Morgan fingerprint density at radius 3 is 2.71 bits per heavy atom. The maximum absolute atomic E-state index is 12.6. The minimum Gasteiger partial charge on any atom is -0.304 e. The molecule has 0 amide bonds. The summed E-state index contributed by atoms with van der Waals surface area (Å²) in [6.07, 6.45) is 0.441. The van der Waals surface area contributed by atoms with Crippen LogP contribution in [0.3, 0.4) is 0 Å². The van der Waals surface area contributed by atoms with E-state index in [0.29, 0.717) is 4.57 Å². The first-order valence-electron chi connectivity index (χ1n) is 4.88. The molecular weight excluding hydrogens is 233 g/mol. The molecular formula is C11H11F3N2O. The Hall–Kier alpha value is -1.74. The summed E-state index contributed by atoms with van der Waals surface area (Å²) in [7, 11) is 0. The van der Waals surface area contributed by atoms with E-state index in [9.17, 15) is 18.0 Å². The second-order valence-corrected chi connectivity index (χ2v) is 3.28. The van der Waals surface area contributed by atoms with Crippen LogP contribution in [0.5, 0.6) is 0 Å². The summed E-state index contributed by atoms with van der Waals surface area (Å²) in [5.74, 6) is 2.29. The highest BCUT2D eigenvalue weighted by Crippen LogP contribution is 2.27. The summed E-state index contributed by atoms with van der Waals surface area (Å²) < 4.78 is 38.5. The fourth-order valence-electron chi connectivity index (χ4n) is 1.35. The van der Waals surface area contributed by atoms with Crippen molar-refractivity contribution in [2.75, 3.05) is 13.1 Å².